The van der Waals surface area contributed by atoms with Gasteiger partial charge in [0.2, 0.25) is 29.1 Å². The third-order valence-electron chi connectivity index (χ3n) is 5.37. The third-order valence-corrected chi connectivity index (χ3v) is 5.37. The van der Waals surface area contributed by atoms with Crippen molar-refractivity contribution in [3.8, 4) is 5.75 Å². The number of rotatable bonds is 16. The van der Waals surface area contributed by atoms with Crippen LogP contribution in [0.25, 0.3) is 0 Å². The van der Waals surface area contributed by atoms with E-state index < -0.39 is 40.8 Å². The van der Waals surface area contributed by atoms with Crippen LogP contribution in [0.3, 0.4) is 0 Å². The minimum atomic E-state index is -2.22. The molecule has 0 spiro atoms. The molecular weight excluding hydrogens is 423 g/mol. The molecule has 9 heteroatoms. The van der Waals surface area contributed by atoms with Gasteiger partial charge in [-0.25, -0.2) is 13.2 Å². The van der Waals surface area contributed by atoms with Crippen LogP contribution >= 0.6 is 0 Å². The second-order valence-electron chi connectivity index (χ2n) is 7.36. The largest absolute Gasteiger partial charge is 0.487 e. The molecule has 0 N–H and O–H groups in total. The standard InChI is InChI=1S/C22H33F5O4/c1-5-6-7-8-9-10-12-15(22(28-2,29-3)30-4)13-11-14-31-21-19(26)17(24)16(23)18(25)20(21)27/h15H,5-14H2,1-4H3. The molecule has 0 fully saturated rings. The van der Waals surface area contributed by atoms with Gasteiger partial charge in [0.1, 0.15) is 0 Å². The minimum absolute atomic E-state index is 0.223. The lowest BCUT2D eigenvalue weighted by molar-refractivity contribution is -0.380. The Morgan fingerprint density at radius 3 is 1.61 bits per heavy atom. The number of unbranched alkanes of at least 4 members (excludes halogenated alkanes) is 5. The first kappa shape index (κ1) is 27.6. The number of ether oxygens (including phenoxy) is 4. The number of methoxy groups -OCH3 is 3. The van der Waals surface area contributed by atoms with Gasteiger partial charge in [-0.1, -0.05) is 45.4 Å². The zero-order chi connectivity index (χ0) is 23.4. The van der Waals surface area contributed by atoms with Crippen molar-refractivity contribution in [1.82, 2.24) is 0 Å². The summed E-state index contributed by atoms with van der Waals surface area (Å²) in [6.07, 6.45) is 7.98. The molecule has 0 saturated carbocycles. The SMILES string of the molecule is CCCCCCCCC(CCCOc1c(F)c(F)c(F)c(F)c1F)C(OC)(OC)OC. The Bertz CT molecular complexity index is 631. The summed E-state index contributed by atoms with van der Waals surface area (Å²) in [6.45, 7) is 1.90. The van der Waals surface area contributed by atoms with Gasteiger partial charge in [0.25, 0.3) is 5.97 Å². The maximum atomic E-state index is 13.7. The van der Waals surface area contributed by atoms with Crippen molar-refractivity contribution < 1.29 is 40.9 Å². The van der Waals surface area contributed by atoms with Crippen LogP contribution in [-0.2, 0) is 14.2 Å². The molecule has 0 amide bonds. The van der Waals surface area contributed by atoms with Crippen LogP contribution in [0.4, 0.5) is 22.0 Å². The van der Waals surface area contributed by atoms with E-state index in [0.717, 1.165) is 25.7 Å². The topological polar surface area (TPSA) is 36.9 Å². The Labute approximate surface area is 181 Å². The highest BCUT2D eigenvalue weighted by Gasteiger charge is 2.39. The van der Waals surface area contributed by atoms with Crippen LogP contribution in [0.5, 0.6) is 5.75 Å². The Morgan fingerprint density at radius 2 is 1.10 bits per heavy atom. The molecule has 1 atom stereocenters. The number of hydrogen-bond acceptors (Lipinski definition) is 4. The molecule has 1 aromatic rings. The summed E-state index contributed by atoms with van der Waals surface area (Å²) >= 11 is 0. The zero-order valence-electron chi connectivity index (χ0n) is 18.7. The van der Waals surface area contributed by atoms with Crippen LogP contribution in [0, 0.1) is 35.0 Å². The van der Waals surface area contributed by atoms with Crippen molar-refractivity contribution in [3.05, 3.63) is 29.1 Å². The summed E-state index contributed by atoms with van der Waals surface area (Å²) in [5.41, 5.74) is 0. The van der Waals surface area contributed by atoms with Crippen LogP contribution < -0.4 is 4.74 Å². The average molecular weight is 456 g/mol. The normalized spacial score (nSPS) is 12.9. The summed E-state index contributed by atoms with van der Waals surface area (Å²) in [7, 11) is 4.35. The van der Waals surface area contributed by atoms with E-state index >= 15 is 0 Å². The van der Waals surface area contributed by atoms with Gasteiger partial charge in [-0.2, -0.15) is 8.78 Å². The third kappa shape index (κ3) is 7.29. The van der Waals surface area contributed by atoms with Gasteiger partial charge in [0.15, 0.2) is 5.75 Å². The van der Waals surface area contributed by atoms with Crippen molar-refractivity contribution in [1.29, 1.82) is 0 Å². The van der Waals surface area contributed by atoms with Crippen LogP contribution in [0.15, 0.2) is 0 Å². The molecule has 0 radical (unpaired) electrons. The molecule has 0 aromatic heterocycles. The molecule has 0 saturated heterocycles. The fraction of sp³-hybridized carbons (Fsp3) is 0.727. The Morgan fingerprint density at radius 1 is 0.645 bits per heavy atom. The summed E-state index contributed by atoms with van der Waals surface area (Å²) < 4.78 is 88.4. The molecule has 1 aromatic carbocycles. The van der Waals surface area contributed by atoms with Gasteiger partial charge < -0.3 is 18.9 Å². The molecule has 0 aliphatic heterocycles. The number of hydrogen-bond donors (Lipinski definition) is 0. The maximum Gasteiger partial charge on any atom is 0.285 e. The Balaban J connectivity index is 2.72. The predicted octanol–water partition coefficient (Wildman–Crippen LogP) is 6.50. The van der Waals surface area contributed by atoms with Crippen LogP contribution in [0.2, 0.25) is 0 Å². The first-order valence-electron chi connectivity index (χ1n) is 10.6. The van der Waals surface area contributed by atoms with Gasteiger partial charge >= 0.3 is 0 Å². The van der Waals surface area contributed by atoms with E-state index in [9.17, 15) is 22.0 Å². The fourth-order valence-electron chi connectivity index (χ4n) is 3.63. The van der Waals surface area contributed by atoms with Crippen LogP contribution in [0.1, 0.15) is 64.7 Å². The van der Waals surface area contributed by atoms with Gasteiger partial charge in [-0.3, -0.25) is 0 Å². The quantitative estimate of drug-likeness (QED) is 0.0935. The Kier molecular flexibility index (Phi) is 12.3. The summed E-state index contributed by atoms with van der Waals surface area (Å²) in [5.74, 6) is -13.1. The van der Waals surface area contributed by atoms with E-state index in [2.05, 4.69) is 6.92 Å². The molecule has 1 rings (SSSR count). The van der Waals surface area contributed by atoms with E-state index in [-0.39, 0.29) is 18.9 Å². The lowest BCUT2D eigenvalue weighted by atomic mass is 9.93. The molecule has 1 unspecified atom stereocenters. The van der Waals surface area contributed by atoms with Crippen LogP contribution in [-0.4, -0.2) is 33.9 Å². The Hall–Kier alpha value is -1.45. The van der Waals surface area contributed by atoms with Gasteiger partial charge in [0, 0.05) is 27.2 Å². The van der Waals surface area contributed by atoms with E-state index in [1.54, 1.807) is 0 Å². The lowest BCUT2D eigenvalue weighted by Crippen LogP contribution is -2.44. The van der Waals surface area contributed by atoms with E-state index in [1.807, 2.05) is 0 Å². The highest BCUT2D eigenvalue weighted by molar-refractivity contribution is 5.29. The van der Waals surface area contributed by atoms with Crippen molar-refractivity contribution >= 4 is 0 Å². The first-order valence-corrected chi connectivity index (χ1v) is 10.6. The molecular formula is C22H33F5O4. The van der Waals surface area contributed by atoms with Gasteiger partial charge in [-0.15, -0.1) is 0 Å². The van der Waals surface area contributed by atoms with E-state index in [1.165, 1.54) is 34.2 Å². The fourth-order valence-corrected chi connectivity index (χ4v) is 3.63. The number of halogens is 5. The second-order valence-corrected chi connectivity index (χ2v) is 7.36. The average Bonchev–Trinajstić information content (AvgIpc) is 2.78. The highest BCUT2D eigenvalue weighted by atomic mass is 19.2. The molecule has 0 heterocycles. The number of benzene rings is 1. The monoisotopic (exact) mass is 456 g/mol. The van der Waals surface area contributed by atoms with Crippen molar-refractivity contribution in [2.24, 2.45) is 5.92 Å². The zero-order valence-corrected chi connectivity index (χ0v) is 18.7. The summed E-state index contributed by atoms with van der Waals surface area (Å²) in [5, 5.41) is 0. The minimum Gasteiger partial charge on any atom is -0.487 e. The van der Waals surface area contributed by atoms with E-state index in [0.29, 0.717) is 12.8 Å². The second kappa shape index (κ2) is 13.9. The summed E-state index contributed by atoms with van der Waals surface area (Å²) in [4.78, 5) is 0. The molecule has 31 heavy (non-hydrogen) atoms. The summed E-state index contributed by atoms with van der Waals surface area (Å²) in [6, 6.07) is 0. The van der Waals surface area contributed by atoms with Crippen molar-refractivity contribution in [2.45, 2.75) is 70.7 Å². The van der Waals surface area contributed by atoms with Crippen molar-refractivity contribution in [3.63, 3.8) is 0 Å². The molecule has 180 valence electrons. The van der Waals surface area contributed by atoms with Gasteiger partial charge in [0.05, 0.1) is 6.61 Å². The molecule has 4 nitrogen and oxygen atoms in total. The smallest absolute Gasteiger partial charge is 0.285 e. The first-order chi connectivity index (χ1) is 14.8. The van der Waals surface area contributed by atoms with Gasteiger partial charge in [-0.05, 0) is 19.3 Å². The molecule has 0 aliphatic rings. The molecule has 0 aliphatic carbocycles. The van der Waals surface area contributed by atoms with E-state index in [4.69, 9.17) is 18.9 Å². The van der Waals surface area contributed by atoms with Crippen molar-refractivity contribution in [2.75, 3.05) is 27.9 Å². The maximum absolute atomic E-state index is 13.7. The predicted molar refractivity (Wildman–Crippen MR) is 106 cm³/mol. The lowest BCUT2D eigenvalue weighted by Gasteiger charge is -2.36. The molecule has 0 bridgehead atoms. The highest BCUT2D eigenvalue weighted by Crippen LogP contribution is 2.33.